The summed E-state index contributed by atoms with van der Waals surface area (Å²) in [5, 5.41) is 12.0. The number of carbonyl (C=O) groups is 2. The van der Waals surface area contributed by atoms with Crippen LogP contribution in [0.2, 0.25) is 0 Å². The molecule has 0 radical (unpaired) electrons. The molecule has 35 heavy (non-hydrogen) atoms. The van der Waals surface area contributed by atoms with Gasteiger partial charge in [-0.05, 0) is 31.4 Å². The minimum absolute atomic E-state index is 0.00491. The largest absolute Gasteiger partial charge is 0.389 e. The number of benzene rings is 1. The maximum atomic E-state index is 13.9. The molecule has 1 saturated heterocycles. The molecular formula is C26H30N3O5S+. The first-order valence-electron chi connectivity index (χ1n) is 11.9. The lowest BCUT2D eigenvalue weighted by atomic mass is 10.0. The van der Waals surface area contributed by atoms with E-state index in [1.165, 1.54) is 0 Å². The van der Waals surface area contributed by atoms with Crippen LogP contribution in [-0.4, -0.2) is 55.9 Å². The third-order valence-electron chi connectivity index (χ3n) is 6.67. The number of pyridine rings is 1. The normalized spacial score (nSPS) is 21.9. The van der Waals surface area contributed by atoms with E-state index >= 15 is 0 Å². The van der Waals surface area contributed by atoms with Crippen LogP contribution < -0.4 is 5.56 Å². The molecule has 4 heterocycles. The first-order chi connectivity index (χ1) is 16.7. The molecule has 0 aliphatic carbocycles. The van der Waals surface area contributed by atoms with Crippen molar-refractivity contribution in [2.24, 2.45) is 5.92 Å². The van der Waals surface area contributed by atoms with Crippen molar-refractivity contribution in [3.05, 3.63) is 63.2 Å². The van der Waals surface area contributed by atoms with Gasteiger partial charge in [0.05, 0.1) is 23.0 Å². The average Bonchev–Trinajstić information content (AvgIpc) is 3.45. The van der Waals surface area contributed by atoms with E-state index in [0.717, 1.165) is 36.7 Å². The highest BCUT2D eigenvalue weighted by Crippen LogP contribution is 2.38. The van der Waals surface area contributed by atoms with Crippen molar-refractivity contribution in [1.29, 1.82) is 0 Å². The number of hydrogen-bond acceptors (Lipinski definition) is 5. The second kappa shape index (κ2) is 8.96. The molecule has 2 aromatic heterocycles. The van der Waals surface area contributed by atoms with Crippen LogP contribution in [0, 0.1) is 12.8 Å². The molecule has 184 valence electrons. The summed E-state index contributed by atoms with van der Waals surface area (Å²) in [7, 11) is -0.694. The Morgan fingerprint density at radius 3 is 2.71 bits per heavy atom. The van der Waals surface area contributed by atoms with Crippen molar-refractivity contribution >= 4 is 32.9 Å². The molecule has 2 unspecified atom stereocenters. The first-order valence-corrected chi connectivity index (χ1v) is 13.3. The maximum Gasteiger partial charge on any atom is 0.355 e. The Morgan fingerprint density at radius 2 is 2.03 bits per heavy atom. The summed E-state index contributed by atoms with van der Waals surface area (Å²) < 4.78 is 1.14. The smallest absolute Gasteiger partial charge is 0.355 e. The number of rotatable bonds is 4. The minimum Gasteiger partial charge on any atom is -0.389 e. The van der Waals surface area contributed by atoms with Gasteiger partial charge in [-0.25, -0.2) is 14.2 Å². The van der Waals surface area contributed by atoms with Crippen molar-refractivity contribution in [1.82, 2.24) is 14.6 Å². The Bertz CT molecular complexity index is 1390. The number of amides is 1. The van der Waals surface area contributed by atoms with E-state index in [1.807, 2.05) is 37.3 Å². The van der Waals surface area contributed by atoms with Gasteiger partial charge in [0.2, 0.25) is 0 Å². The predicted octanol–water partition coefficient (Wildman–Crippen LogP) is 3.08. The average molecular weight is 497 g/mol. The Labute approximate surface area is 206 Å². The molecule has 9 heteroatoms. The zero-order chi connectivity index (χ0) is 25.0. The quantitative estimate of drug-likeness (QED) is 0.540. The fourth-order valence-electron chi connectivity index (χ4n) is 5.00. The second-order valence-electron chi connectivity index (χ2n) is 9.79. The van der Waals surface area contributed by atoms with Gasteiger partial charge in [-0.1, -0.05) is 32.0 Å². The molecule has 2 aliphatic heterocycles. The van der Waals surface area contributed by atoms with Crippen molar-refractivity contribution < 1.29 is 19.5 Å². The van der Waals surface area contributed by atoms with Gasteiger partial charge in [-0.2, -0.15) is 5.06 Å². The van der Waals surface area contributed by atoms with Gasteiger partial charge in [0.25, 0.3) is 5.56 Å². The molecule has 0 bridgehead atoms. The van der Waals surface area contributed by atoms with E-state index in [9.17, 15) is 19.5 Å². The van der Waals surface area contributed by atoms with Crippen molar-refractivity contribution in [3.63, 3.8) is 0 Å². The topological polar surface area (TPSA) is 105 Å². The van der Waals surface area contributed by atoms with Gasteiger partial charge in [-0.3, -0.25) is 9.63 Å². The Balaban J connectivity index is 1.70. The van der Waals surface area contributed by atoms with Crippen LogP contribution in [0.5, 0.6) is 0 Å². The van der Waals surface area contributed by atoms with Gasteiger partial charge in [0.15, 0.2) is 4.90 Å². The van der Waals surface area contributed by atoms with Gasteiger partial charge in [0.1, 0.15) is 24.4 Å². The van der Waals surface area contributed by atoms with E-state index in [0.29, 0.717) is 29.3 Å². The highest BCUT2D eigenvalue weighted by atomic mass is 32.2. The lowest BCUT2D eigenvalue weighted by molar-refractivity contribution is -0.112. The summed E-state index contributed by atoms with van der Waals surface area (Å²) in [6.45, 7) is 7.85. The van der Waals surface area contributed by atoms with Crippen molar-refractivity contribution in [2.75, 3.05) is 18.9 Å². The highest BCUT2D eigenvalue weighted by Gasteiger charge is 2.50. The fourth-order valence-corrected chi connectivity index (χ4v) is 7.58. The molecule has 1 aromatic carbocycles. The summed E-state index contributed by atoms with van der Waals surface area (Å²) in [5.41, 5.74) is 3.38. The van der Waals surface area contributed by atoms with Crippen molar-refractivity contribution in [3.8, 4) is 0 Å². The van der Waals surface area contributed by atoms with Crippen molar-refractivity contribution in [2.45, 2.75) is 51.0 Å². The Morgan fingerprint density at radius 1 is 1.29 bits per heavy atom. The number of hydroxylamine groups is 2. The number of H-pyrrole nitrogens is 1. The lowest BCUT2D eigenvalue weighted by Crippen LogP contribution is -2.41. The van der Waals surface area contributed by atoms with E-state index in [2.05, 4.69) is 18.8 Å². The summed E-state index contributed by atoms with van der Waals surface area (Å²) in [5.74, 6) is 0.413. The molecule has 1 amide bonds. The molecule has 0 saturated carbocycles. The lowest BCUT2D eigenvalue weighted by Gasteiger charge is -2.19. The fraction of sp³-hybridized carbons (Fsp3) is 0.423. The molecule has 5 rings (SSSR count). The highest BCUT2D eigenvalue weighted by molar-refractivity contribution is 8.11. The summed E-state index contributed by atoms with van der Waals surface area (Å²) in [6.07, 6.45) is -0.470. The number of aliphatic hydroxyl groups excluding tert-OH is 1. The molecule has 1 fully saturated rings. The number of carbonyl (C=O) groups excluding carboxylic acids is 2. The van der Waals surface area contributed by atoms with E-state index in [-0.39, 0.29) is 18.3 Å². The number of aryl methyl sites for hydroxylation is 1. The van der Waals surface area contributed by atoms with E-state index < -0.39 is 34.5 Å². The van der Waals surface area contributed by atoms with E-state index in [1.54, 1.807) is 6.92 Å². The molecule has 3 atom stereocenters. The zero-order valence-electron chi connectivity index (χ0n) is 20.3. The molecule has 0 spiro atoms. The van der Waals surface area contributed by atoms with Gasteiger partial charge >= 0.3 is 11.1 Å². The summed E-state index contributed by atoms with van der Waals surface area (Å²) >= 11 is 0. The van der Waals surface area contributed by atoms with Gasteiger partial charge in [-0.15, -0.1) is 0 Å². The molecular weight excluding hydrogens is 466 g/mol. The molecule has 2 N–H and O–H groups in total. The molecule has 2 aliphatic rings. The zero-order valence-corrected chi connectivity index (χ0v) is 21.1. The Hall–Kier alpha value is -2.88. The standard InChI is InChI=1S/C26H30N3O5S/c1-14(2)13-35-22-10-17(9-20-16(4)27-21-8-6-5-7-19(20)21)29(24(31)23(22)15(3)25(35)32)26(33)28-11-18(30)12-34-28/h5-8,10,14-15,18,27,30H,9,11-13H2,1-4H3/q+1/t15-,18?,35?/m0/s1. The third-order valence-corrected chi connectivity index (χ3v) is 9.38. The van der Waals surface area contributed by atoms with Crippen LogP contribution >= 0.6 is 0 Å². The number of aromatic nitrogens is 2. The van der Waals surface area contributed by atoms with Crippen LogP contribution in [0.3, 0.4) is 0 Å². The maximum absolute atomic E-state index is 13.9. The summed E-state index contributed by atoms with van der Waals surface area (Å²) in [6, 6.07) is 9.16. The number of nitrogens with zero attached hydrogens (tertiary/aromatic N) is 2. The number of para-hydroxylation sites is 1. The monoisotopic (exact) mass is 496 g/mol. The van der Waals surface area contributed by atoms with Crippen LogP contribution in [0.25, 0.3) is 10.9 Å². The van der Waals surface area contributed by atoms with Crippen LogP contribution in [0.4, 0.5) is 4.79 Å². The third kappa shape index (κ3) is 4.01. The number of aliphatic hydroxyl groups is 1. The van der Waals surface area contributed by atoms with Gasteiger partial charge in [0, 0.05) is 34.8 Å². The number of nitrogens with one attached hydrogen (secondary N) is 1. The second-order valence-corrected chi connectivity index (χ2v) is 11.7. The molecule has 3 aromatic rings. The number of fused-ring (bicyclic) bond motifs is 2. The predicted molar refractivity (Wildman–Crippen MR) is 135 cm³/mol. The Kier molecular flexibility index (Phi) is 6.11. The van der Waals surface area contributed by atoms with Crippen LogP contribution in [0.1, 0.15) is 49.2 Å². The van der Waals surface area contributed by atoms with Crippen LogP contribution in [0.15, 0.2) is 40.0 Å². The first kappa shape index (κ1) is 23.8. The number of β-amino-alcohol motifs (C(OH)–C–C–N with tert-alkyl or cyclic N) is 1. The number of hydrogen-bond donors (Lipinski definition) is 2. The SMILES string of the molecule is Cc1[nH]c2ccccc2c1Cc1cc2c(c(=O)n1C(=O)N1CC(O)CO1)[C@H](C)C(=O)[S+]2CC(C)C. The number of aromatic amines is 1. The molecule has 8 nitrogen and oxygen atoms in total. The summed E-state index contributed by atoms with van der Waals surface area (Å²) in [4.78, 5) is 50.1. The minimum atomic E-state index is -0.805. The van der Waals surface area contributed by atoms with E-state index in [4.69, 9.17) is 4.84 Å². The van der Waals surface area contributed by atoms with Gasteiger partial charge < -0.3 is 10.1 Å². The van der Waals surface area contributed by atoms with Crippen LogP contribution in [-0.2, 0) is 26.9 Å².